The number of nitrogens with zero attached hydrogens (tertiary/aromatic N) is 2. The number of hydrogen-bond acceptors (Lipinski definition) is 4. The van der Waals surface area contributed by atoms with Gasteiger partial charge in [0.25, 0.3) is 0 Å². The SMILES string of the molecule is Nc1nc(CC2CC2)c2c(n1)OCC2. The van der Waals surface area contributed by atoms with Crippen molar-refractivity contribution < 1.29 is 4.74 Å². The number of fused-ring (bicyclic) bond motifs is 1. The van der Waals surface area contributed by atoms with E-state index in [-0.39, 0.29) is 0 Å². The number of rotatable bonds is 2. The maximum Gasteiger partial charge on any atom is 0.223 e. The van der Waals surface area contributed by atoms with Crippen LogP contribution in [0.25, 0.3) is 0 Å². The van der Waals surface area contributed by atoms with Gasteiger partial charge in [-0.3, -0.25) is 0 Å². The van der Waals surface area contributed by atoms with Crippen molar-refractivity contribution in [1.82, 2.24) is 9.97 Å². The second-order valence-electron chi connectivity index (χ2n) is 4.06. The van der Waals surface area contributed by atoms with Gasteiger partial charge in [0.2, 0.25) is 11.8 Å². The van der Waals surface area contributed by atoms with Crippen molar-refractivity contribution in [3.05, 3.63) is 11.3 Å². The van der Waals surface area contributed by atoms with Crippen LogP contribution in [0.1, 0.15) is 24.1 Å². The van der Waals surface area contributed by atoms with Crippen LogP contribution in [0.15, 0.2) is 0 Å². The number of anilines is 1. The summed E-state index contributed by atoms with van der Waals surface area (Å²) in [6.07, 6.45) is 4.66. The first kappa shape index (κ1) is 8.03. The lowest BCUT2D eigenvalue weighted by atomic mass is 10.1. The largest absolute Gasteiger partial charge is 0.477 e. The molecule has 0 atom stereocenters. The first-order chi connectivity index (χ1) is 6.83. The second-order valence-corrected chi connectivity index (χ2v) is 4.06. The van der Waals surface area contributed by atoms with Gasteiger partial charge in [0.05, 0.1) is 12.3 Å². The van der Waals surface area contributed by atoms with E-state index in [1.807, 2.05) is 0 Å². The van der Waals surface area contributed by atoms with E-state index in [9.17, 15) is 0 Å². The average molecular weight is 191 g/mol. The monoisotopic (exact) mass is 191 g/mol. The molecule has 4 nitrogen and oxygen atoms in total. The van der Waals surface area contributed by atoms with Crippen molar-refractivity contribution in [3.63, 3.8) is 0 Å². The molecule has 0 amide bonds. The Labute approximate surface area is 82.5 Å². The molecule has 1 aliphatic carbocycles. The van der Waals surface area contributed by atoms with Crippen LogP contribution in [0.2, 0.25) is 0 Å². The van der Waals surface area contributed by atoms with Crippen LogP contribution in [0.4, 0.5) is 5.95 Å². The Morgan fingerprint density at radius 2 is 2.21 bits per heavy atom. The van der Waals surface area contributed by atoms with Crippen molar-refractivity contribution in [1.29, 1.82) is 0 Å². The summed E-state index contributed by atoms with van der Waals surface area (Å²) in [6, 6.07) is 0. The number of ether oxygens (including phenoxy) is 1. The van der Waals surface area contributed by atoms with E-state index in [1.54, 1.807) is 0 Å². The molecule has 0 bridgehead atoms. The van der Waals surface area contributed by atoms with Crippen LogP contribution < -0.4 is 10.5 Å². The highest BCUT2D eigenvalue weighted by Crippen LogP contribution is 2.35. The van der Waals surface area contributed by atoms with Crippen LogP contribution in [0.3, 0.4) is 0 Å². The maximum atomic E-state index is 5.63. The molecule has 14 heavy (non-hydrogen) atoms. The molecule has 74 valence electrons. The third kappa shape index (κ3) is 1.31. The topological polar surface area (TPSA) is 61.0 Å². The zero-order valence-corrected chi connectivity index (χ0v) is 7.99. The van der Waals surface area contributed by atoms with Crippen LogP contribution >= 0.6 is 0 Å². The molecule has 0 unspecified atom stereocenters. The zero-order chi connectivity index (χ0) is 9.54. The van der Waals surface area contributed by atoms with Gasteiger partial charge in [0.15, 0.2) is 0 Å². The Kier molecular flexibility index (Phi) is 1.63. The Morgan fingerprint density at radius 3 is 3.00 bits per heavy atom. The van der Waals surface area contributed by atoms with Crippen LogP contribution in [-0.4, -0.2) is 16.6 Å². The van der Waals surface area contributed by atoms with Crippen LogP contribution in [0, 0.1) is 5.92 Å². The maximum absolute atomic E-state index is 5.63. The standard InChI is InChI=1S/C10H13N3O/c11-10-12-8(5-6-1-2-6)7-3-4-14-9(7)13-10/h6H,1-5H2,(H2,11,12,13). The molecule has 1 fully saturated rings. The van der Waals surface area contributed by atoms with Gasteiger partial charge in [-0.2, -0.15) is 4.98 Å². The van der Waals surface area contributed by atoms with Crippen molar-refractivity contribution in [2.24, 2.45) is 5.92 Å². The fourth-order valence-corrected chi connectivity index (χ4v) is 1.91. The summed E-state index contributed by atoms with van der Waals surface area (Å²) < 4.78 is 5.39. The molecule has 3 rings (SSSR count). The van der Waals surface area contributed by atoms with E-state index < -0.39 is 0 Å². The van der Waals surface area contributed by atoms with Crippen LogP contribution in [0.5, 0.6) is 5.88 Å². The normalized spacial score (nSPS) is 19.1. The quantitative estimate of drug-likeness (QED) is 0.756. The minimum absolute atomic E-state index is 0.348. The average Bonchev–Trinajstić information content (AvgIpc) is 2.81. The Balaban J connectivity index is 1.99. The van der Waals surface area contributed by atoms with Gasteiger partial charge >= 0.3 is 0 Å². The summed E-state index contributed by atoms with van der Waals surface area (Å²) in [7, 11) is 0. The van der Waals surface area contributed by atoms with Crippen LogP contribution in [-0.2, 0) is 12.8 Å². The molecule has 0 spiro atoms. The summed E-state index contributed by atoms with van der Waals surface area (Å²) in [4.78, 5) is 8.40. The minimum atomic E-state index is 0.348. The van der Waals surface area contributed by atoms with Gasteiger partial charge in [-0.15, -0.1) is 0 Å². The summed E-state index contributed by atoms with van der Waals surface area (Å²) in [5, 5.41) is 0. The summed E-state index contributed by atoms with van der Waals surface area (Å²) in [6.45, 7) is 0.727. The summed E-state index contributed by atoms with van der Waals surface area (Å²) in [5.74, 6) is 1.89. The lowest BCUT2D eigenvalue weighted by Gasteiger charge is -2.05. The predicted octanol–water partition coefficient (Wildman–Crippen LogP) is 0.946. The van der Waals surface area contributed by atoms with E-state index in [0.717, 1.165) is 31.1 Å². The molecule has 1 aromatic rings. The zero-order valence-electron chi connectivity index (χ0n) is 7.99. The Bertz CT molecular complexity index is 374. The Morgan fingerprint density at radius 1 is 1.36 bits per heavy atom. The molecule has 1 aromatic heterocycles. The summed E-state index contributed by atoms with van der Waals surface area (Å²) >= 11 is 0. The minimum Gasteiger partial charge on any atom is -0.477 e. The first-order valence-electron chi connectivity index (χ1n) is 5.11. The predicted molar refractivity (Wildman–Crippen MR) is 52.1 cm³/mol. The van der Waals surface area contributed by atoms with Gasteiger partial charge in [0, 0.05) is 12.0 Å². The smallest absolute Gasteiger partial charge is 0.223 e. The van der Waals surface area contributed by atoms with Crippen molar-refractivity contribution >= 4 is 5.95 Å². The lowest BCUT2D eigenvalue weighted by Crippen LogP contribution is -2.03. The molecule has 1 aliphatic heterocycles. The van der Waals surface area contributed by atoms with E-state index in [1.165, 1.54) is 18.4 Å². The number of nitrogen functional groups attached to an aromatic ring is 1. The van der Waals surface area contributed by atoms with E-state index >= 15 is 0 Å². The molecular weight excluding hydrogens is 178 g/mol. The van der Waals surface area contributed by atoms with Gasteiger partial charge in [-0.25, -0.2) is 4.98 Å². The molecule has 2 heterocycles. The van der Waals surface area contributed by atoms with Crippen molar-refractivity contribution in [3.8, 4) is 5.88 Å². The first-order valence-corrected chi connectivity index (χ1v) is 5.11. The Hall–Kier alpha value is -1.32. The van der Waals surface area contributed by atoms with Gasteiger partial charge in [-0.05, 0) is 25.2 Å². The highest BCUT2D eigenvalue weighted by atomic mass is 16.5. The van der Waals surface area contributed by atoms with E-state index in [0.29, 0.717) is 11.8 Å². The van der Waals surface area contributed by atoms with Gasteiger partial charge in [-0.1, -0.05) is 0 Å². The molecule has 1 saturated carbocycles. The lowest BCUT2D eigenvalue weighted by molar-refractivity contribution is 0.345. The molecule has 2 aliphatic rings. The molecule has 2 N–H and O–H groups in total. The number of hydrogen-bond donors (Lipinski definition) is 1. The molecule has 0 radical (unpaired) electrons. The summed E-state index contributed by atoms with van der Waals surface area (Å²) in [5.41, 5.74) is 7.93. The molecular formula is C10H13N3O. The molecule has 4 heteroatoms. The van der Waals surface area contributed by atoms with E-state index in [4.69, 9.17) is 10.5 Å². The van der Waals surface area contributed by atoms with Crippen molar-refractivity contribution in [2.75, 3.05) is 12.3 Å². The van der Waals surface area contributed by atoms with Gasteiger partial charge < -0.3 is 10.5 Å². The number of aromatic nitrogens is 2. The highest BCUT2D eigenvalue weighted by Gasteiger charge is 2.27. The molecule has 0 saturated heterocycles. The van der Waals surface area contributed by atoms with Gasteiger partial charge in [0.1, 0.15) is 0 Å². The fraction of sp³-hybridized carbons (Fsp3) is 0.600. The third-order valence-corrected chi connectivity index (χ3v) is 2.84. The van der Waals surface area contributed by atoms with Crippen molar-refractivity contribution in [2.45, 2.75) is 25.7 Å². The second kappa shape index (κ2) is 2.83. The third-order valence-electron chi connectivity index (χ3n) is 2.84. The molecule has 0 aromatic carbocycles. The van der Waals surface area contributed by atoms with E-state index in [2.05, 4.69) is 9.97 Å². The fourth-order valence-electron chi connectivity index (χ4n) is 1.91. The number of nitrogens with two attached hydrogens (primary N) is 1. The highest BCUT2D eigenvalue weighted by molar-refractivity contribution is 5.39.